The van der Waals surface area contributed by atoms with E-state index in [1.807, 2.05) is 19.3 Å². The summed E-state index contributed by atoms with van der Waals surface area (Å²) in [5, 5.41) is 18.3. The van der Waals surface area contributed by atoms with Crippen LogP contribution in [0.15, 0.2) is 18.5 Å². The van der Waals surface area contributed by atoms with Gasteiger partial charge in [-0.15, -0.1) is 0 Å². The van der Waals surface area contributed by atoms with E-state index in [-0.39, 0.29) is 0 Å². The van der Waals surface area contributed by atoms with Gasteiger partial charge in [-0.25, -0.2) is 0 Å². The van der Waals surface area contributed by atoms with Crippen molar-refractivity contribution >= 4 is 22.8 Å². The second kappa shape index (κ2) is 5.16. The van der Waals surface area contributed by atoms with Crippen LogP contribution < -0.4 is 10.6 Å². The molecule has 0 bridgehead atoms. The average molecular weight is 272 g/mol. The van der Waals surface area contributed by atoms with Crippen LogP contribution in [0.1, 0.15) is 5.69 Å². The molecule has 3 N–H and O–H groups in total. The third-order valence-corrected chi connectivity index (χ3v) is 2.98. The van der Waals surface area contributed by atoms with E-state index in [9.17, 15) is 0 Å². The van der Waals surface area contributed by atoms with Crippen LogP contribution in [-0.2, 0) is 13.5 Å². The topological polar surface area (TPSA) is 96.3 Å². The van der Waals surface area contributed by atoms with E-state index in [0.717, 1.165) is 29.9 Å². The molecule has 104 valence electrons. The van der Waals surface area contributed by atoms with Gasteiger partial charge < -0.3 is 10.6 Å². The van der Waals surface area contributed by atoms with Crippen molar-refractivity contribution in [2.45, 2.75) is 6.42 Å². The standard InChI is InChI=1S/C12H16N8/c1-13-12-16-10(9-7-15-18-11(9)17-12)14-5-3-8-4-6-20(2)19-8/h4,6-7H,3,5H2,1-2H3,(H3,13,14,15,16,17,18). The quantitative estimate of drug-likeness (QED) is 0.635. The number of hydrogen-bond acceptors (Lipinski definition) is 6. The minimum Gasteiger partial charge on any atom is -0.369 e. The fourth-order valence-electron chi connectivity index (χ4n) is 1.99. The molecule has 0 spiro atoms. The maximum absolute atomic E-state index is 4.41. The summed E-state index contributed by atoms with van der Waals surface area (Å²) < 4.78 is 1.80. The number of anilines is 2. The van der Waals surface area contributed by atoms with Crippen molar-refractivity contribution < 1.29 is 0 Å². The maximum atomic E-state index is 4.41. The zero-order valence-corrected chi connectivity index (χ0v) is 11.4. The zero-order valence-electron chi connectivity index (χ0n) is 11.4. The average Bonchev–Trinajstić information content (AvgIpc) is 3.07. The molecule has 0 aliphatic heterocycles. The Kier molecular flexibility index (Phi) is 3.20. The van der Waals surface area contributed by atoms with E-state index >= 15 is 0 Å². The summed E-state index contributed by atoms with van der Waals surface area (Å²) in [6.07, 6.45) is 4.49. The van der Waals surface area contributed by atoms with Gasteiger partial charge in [0.15, 0.2) is 5.65 Å². The Morgan fingerprint density at radius 1 is 1.35 bits per heavy atom. The van der Waals surface area contributed by atoms with E-state index in [0.29, 0.717) is 11.6 Å². The number of aryl methyl sites for hydroxylation is 1. The molecule has 3 heterocycles. The summed E-state index contributed by atoms with van der Waals surface area (Å²) in [6.45, 7) is 0.747. The third kappa shape index (κ3) is 2.40. The van der Waals surface area contributed by atoms with Gasteiger partial charge in [0, 0.05) is 33.3 Å². The number of rotatable bonds is 5. The molecule has 0 saturated heterocycles. The van der Waals surface area contributed by atoms with Crippen molar-refractivity contribution in [3.63, 3.8) is 0 Å². The molecule has 0 radical (unpaired) electrons. The molecule has 8 nitrogen and oxygen atoms in total. The molecule has 3 aromatic rings. The van der Waals surface area contributed by atoms with Crippen LogP contribution in [-0.4, -0.2) is 43.5 Å². The van der Waals surface area contributed by atoms with Crippen LogP contribution in [0.4, 0.5) is 11.8 Å². The molecule has 0 aliphatic carbocycles. The summed E-state index contributed by atoms with van der Waals surface area (Å²) >= 11 is 0. The zero-order chi connectivity index (χ0) is 13.9. The van der Waals surface area contributed by atoms with Gasteiger partial charge in [-0.1, -0.05) is 0 Å². The van der Waals surface area contributed by atoms with Gasteiger partial charge in [0.25, 0.3) is 0 Å². The number of fused-ring (bicyclic) bond motifs is 1. The summed E-state index contributed by atoms with van der Waals surface area (Å²) in [7, 11) is 3.70. The molecule has 0 saturated carbocycles. The molecule has 3 rings (SSSR count). The molecule has 20 heavy (non-hydrogen) atoms. The molecule has 8 heteroatoms. The van der Waals surface area contributed by atoms with Crippen LogP contribution in [0, 0.1) is 0 Å². The first-order valence-electron chi connectivity index (χ1n) is 6.37. The predicted octanol–water partition coefficient (Wildman–Crippen LogP) is 0.783. The Hall–Kier alpha value is -2.64. The molecular formula is C12H16N8. The second-order valence-corrected chi connectivity index (χ2v) is 4.44. The fourth-order valence-corrected chi connectivity index (χ4v) is 1.99. The highest BCUT2D eigenvalue weighted by Gasteiger charge is 2.08. The summed E-state index contributed by atoms with van der Waals surface area (Å²) in [6, 6.07) is 2.01. The van der Waals surface area contributed by atoms with E-state index in [4.69, 9.17) is 0 Å². The minimum absolute atomic E-state index is 0.557. The van der Waals surface area contributed by atoms with Gasteiger partial charge in [0.2, 0.25) is 5.95 Å². The monoisotopic (exact) mass is 272 g/mol. The lowest BCUT2D eigenvalue weighted by molar-refractivity contribution is 0.742. The van der Waals surface area contributed by atoms with E-state index in [1.165, 1.54) is 0 Å². The first-order chi connectivity index (χ1) is 9.76. The lowest BCUT2D eigenvalue weighted by Gasteiger charge is -2.07. The van der Waals surface area contributed by atoms with Crippen molar-refractivity contribution in [3.05, 3.63) is 24.2 Å². The van der Waals surface area contributed by atoms with Crippen LogP contribution in [0.25, 0.3) is 11.0 Å². The normalized spacial score (nSPS) is 10.9. The number of H-pyrrole nitrogens is 1. The number of hydrogen-bond donors (Lipinski definition) is 3. The summed E-state index contributed by atoms with van der Waals surface area (Å²) in [4.78, 5) is 8.70. The van der Waals surface area contributed by atoms with Crippen LogP contribution >= 0.6 is 0 Å². The highest BCUT2D eigenvalue weighted by molar-refractivity contribution is 5.86. The van der Waals surface area contributed by atoms with Gasteiger partial charge >= 0.3 is 0 Å². The number of nitrogens with zero attached hydrogens (tertiary/aromatic N) is 5. The van der Waals surface area contributed by atoms with Gasteiger partial charge in [0.05, 0.1) is 17.3 Å². The Morgan fingerprint density at radius 2 is 2.25 bits per heavy atom. The summed E-state index contributed by atoms with van der Waals surface area (Å²) in [5.41, 5.74) is 1.76. The molecule has 0 atom stereocenters. The highest BCUT2D eigenvalue weighted by atomic mass is 15.2. The maximum Gasteiger partial charge on any atom is 0.226 e. The van der Waals surface area contributed by atoms with Gasteiger partial charge in [0.1, 0.15) is 5.82 Å². The fraction of sp³-hybridized carbons (Fsp3) is 0.333. The highest BCUT2D eigenvalue weighted by Crippen LogP contribution is 2.19. The number of aromatic nitrogens is 6. The largest absolute Gasteiger partial charge is 0.369 e. The Balaban J connectivity index is 1.74. The third-order valence-electron chi connectivity index (χ3n) is 2.98. The minimum atomic E-state index is 0.557. The van der Waals surface area contributed by atoms with Crippen molar-refractivity contribution in [1.82, 2.24) is 29.9 Å². The lowest BCUT2D eigenvalue weighted by Crippen LogP contribution is -2.09. The molecule has 0 amide bonds. The molecule has 3 aromatic heterocycles. The van der Waals surface area contributed by atoms with Crippen molar-refractivity contribution in [2.24, 2.45) is 7.05 Å². The van der Waals surface area contributed by atoms with E-state index in [1.54, 1.807) is 17.9 Å². The van der Waals surface area contributed by atoms with Crippen molar-refractivity contribution in [2.75, 3.05) is 24.2 Å². The second-order valence-electron chi connectivity index (χ2n) is 4.44. The molecule has 0 fully saturated rings. The summed E-state index contributed by atoms with van der Waals surface area (Å²) in [5.74, 6) is 1.33. The smallest absolute Gasteiger partial charge is 0.226 e. The van der Waals surface area contributed by atoms with Crippen molar-refractivity contribution in [3.8, 4) is 0 Å². The van der Waals surface area contributed by atoms with Crippen LogP contribution in [0.3, 0.4) is 0 Å². The SMILES string of the molecule is CNc1nc(NCCc2ccn(C)n2)c2cn[nH]c2n1. The lowest BCUT2D eigenvalue weighted by atomic mass is 10.3. The van der Waals surface area contributed by atoms with Gasteiger partial charge in [-0.2, -0.15) is 20.2 Å². The Bertz CT molecular complexity index is 713. The van der Waals surface area contributed by atoms with Crippen LogP contribution in [0.2, 0.25) is 0 Å². The number of aromatic amines is 1. The predicted molar refractivity (Wildman–Crippen MR) is 76.6 cm³/mol. The first-order valence-corrected chi connectivity index (χ1v) is 6.37. The van der Waals surface area contributed by atoms with E-state index < -0.39 is 0 Å². The molecular weight excluding hydrogens is 256 g/mol. The Morgan fingerprint density at radius 3 is 3.00 bits per heavy atom. The van der Waals surface area contributed by atoms with Crippen molar-refractivity contribution in [1.29, 1.82) is 0 Å². The van der Waals surface area contributed by atoms with Crippen LogP contribution in [0.5, 0.6) is 0 Å². The molecule has 0 aliphatic rings. The van der Waals surface area contributed by atoms with E-state index in [2.05, 4.69) is 35.9 Å². The number of nitrogens with one attached hydrogen (secondary N) is 3. The molecule has 0 aromatic carbocycles. The molecule has 0 unspecified atom stereocenters. The first kappa shape index (κ1) is 12.4. The van der Waals surface area contributed by atoms with Gasteiger partial charge in [-0.05, 0) is 6.07 Å². The van der Waals surface area contributed by atoms with Gasteiger partial charge in [-0.3, -0.25) is 9.78 Å². The Labute approximate surface area is 115 Å².